The average Bonchev–Trinajstić information content (AvgIpc) is 2.93. The first-order valence-electron chi connectivity index (χ1n) is 7.83. The molecule has 0 aliphatic carbocycles. The lowest BCUT2D eigenvalue weighted by molar-refractivity contribution is -0.140. The second-order valence-electron chi connectivity index (χ2n) is 6.01. The summed E-state index contributed by atoms with van der Waals surface area (Å²) in [5.74, 6) is 0.906. The summed E-state index contributed by atoms with van der Waals surface area (Å²) in [5.41, 5.74) is 0.669. The van der Waals surface area contributed by atoms with Crippen LogP contribution in [0.15, 0.2) is 10.6 Å². The van der Waals surface area contributed by atoms with Crippen LogP contribution in [0.2, 0.25) is 0 Å². The molecule has 3 rings (SSSR count). The van der Waals surface area contributed by atoms with E-state index in [1.165, 1.54) is 0 Å². The average molecular weight is 343 g/mol. The Morgan fingerprint density at radius 1 is 1.48 bits per heavy atom. The summed E-state index contributed by atoms with van der Waals surface area (Å²) in [6, 6.07) is 1.94. The van der Waals surface area contributed by atoms with Crippen molar-refractivity contribution in [2.24, 2.45) is 0 Å². The molecule has 0 radical (unpaired) electrons. The first-order valence-corrected chi connectivity index (χ1v) is 7.83. The van der Waals surface area contributed by atoms with E-state index < -0.39 is 0 Å². The molecule has 1 aromatic rings. The molecule has 1 unspecified atom stereocenters. The van der Waals surface area contributed by atoms with Gasteiger partial charge in [0.1, 0.15) is 5.76 Å². The second-order valence-corrected chi connectivity index (χ2v) is 6.01. The number of halogens is 1. The smallest absolute Gasteiger partial charge is 0.236 e. The lowest BCUT2D eigenvalue weighted by Gasteiger charge is -2.41. The molecule has 0 saturated carbocycles. The monoisotopic (exact) mass is 342 g/mol. The lowest BCUT2D eigenvalue weighted by atomic mass is 10.0. The van der Waals surface area contributed by atoms with E-state index in [0.717, 1.165) is 32.5 Å². The molecule has 2 saturated heterocycles. The Labute approximate surface area is 141 Å². The predicted molar refractivity (Wildman–Crippen MR) is 86.4 cm³/mol. The van der Waals surface area contributed by atoms with Gasteiger partial charge in [-0.1, -0.05) is 5.16 Å². The van der Waals surface area contributed by atoms with Crippen LogP contribution < -0.4 is 5.32 Å². The van der Waals surface area contributed by atoms with Gasteiger partial charge in [-0.05, 0) is 19.8 Å². The number of nitrogens with one attached hydrogen (secondary N) is 1. The quantitative estimate of drug-likeness (QED) is 0.858. The maximum Gasteiger partial charge on any atom is 0.236 e. The van der Waals surface area contributed by atoms with E-state index in [0.29, 0.717) is 24.5 Å². The van der Waals surface area contributed by atoms with Crippen LogP contribution in [0.5, 0.6) is 0 Å². The minimum atomic E-state index is 0. The van der Waals surface area contributed by atoms with Crippen LogP contribution in [0.4, 0.5) is 0 Å². The molecule has 3 heterocycles. The highest BCUT2D eigenvalue weighted by atomic mass is 35.5. The van der Waals surface area contributed by atoms with E-state index in [4.69, 9.17) is 4.52 Å². The van der Waals surface area contributed by atoms with Gasteiger partial charge in [0.15, 0.2) is 0 Å². The number of aromatic nitrogens is 1. The number of piperazine rings is 1. The second kappa shape index (κ2) is 7.79. The number of hydrogen-bond acceptors (Lipinski definition) is 5. The van der Waals surface area contributed by atoms with Crippen LogP contribution in [0.3, 0.4) is 0 Å². The molecule has 0 spiro atoms. The molecule has 0 bridgehead atoms. The molecule has 2 aliphatic heterocycles. The van der Waals surface area contributed by atoms with Crippen LogP contribution in [-0.2, 0) is 16.0 Å². The van der Waals surface area contributed by atoms with Crippen molar-refractivity contribution in [1.82, 2.24) is 20.3 Å². The van der Waals surface area contributed by atoms with Gasteiger partial charge >= 0.3 is 0 Å². The number of rotatable bonds is 3. The zero-order valence-electron chi connectivity index (χ0n) is 13.3. The third kappa shape index (κ3) is 4.23. The van der Waals surface area contributed by atoms with Crippen molar-refractivity contribution >= 4 is 24.2 Å². The third-order valence-corrected chi connectivity index (χ3v) is 4.33. The minimum absolute atomic E-state index is 0. The molecule has 2 fully saturated rings. The van der Waals surface area contributed by atoms with Gasteiger partial charge in [0, 0.05) is 38.3 Å². The maximum atomic E-state index is 12.4. The Hall–Kier alpha value is -1.60. The van der Waals surface area contributed by atoms with Crippen molar-refractivity contribution in [2.75, 3.05) is 32.7 Å². The fraction of sp³-hybridized carbons (Fsp3) is 0.667. The summed E-state index contributed by atoms with van der Waals surface area (Å²) in [7, 11) is 0. The number of carbonyl (C=O) groups is 2. The number of likely N-dealkylation sites (tertiary alicyclic amines) is 1. The minimum Gasteiger partial charge on any atom is -0.361 e. The molecule has 23 heavy (non-hydrogen) atoms. The van der Waals surface area contributed by atoms with Crippen LogP contribution in [0.25, 0.3) is 0 Å². The van der Waals surface area contributed by atoms with Gasteiger partial charge in [-0.25, -0.2) is 0 Å². The first-order chi connectivity index (χ1) is 10.6. The SMILES string of the molecule is Cc1cc(CC(=O)N2CCCC(N3CCNCC3=O)C2)no1.Cl. The van der Waals surface area contributed by atoms with Gasteiger partial charge in [-0.15, -0.1) is 12.4 Å². The molecule has 7 nitrogen and oxygen atoms in total. The fourth-order valence-electron chi connectivity index (χ4n) is 3.21. The maximum absolute atomic E-state index is 12.4. The largest absolute Gasteiger partial charge is 0.361 e. The highest BCUT2D eigenvalue weighted by Gasteiger charge is 2.31. The van der Waals surface area contributed by atoms with E-state index in [9.17, 15) is 9.59 Å². The van der Waals surface area contributed by atoms with E-state index >= 15 is 0 Å². The van der Waals surface area contributed by atoms with Crippen LogP contribution in [-0.4, -0.2) is 65.5 Å². The van der Waals surface area contributed by atoms with Crippen molar-refractivity contribution in [3.8, 4) is 0 Å². The summed E-state index contributed by atoms with van der Waals surface area (Å²) in [6.45, 7) is 5.16. The lowest BCUT2D eigenvalue weighted by Crippen LogP contribution is -2.57. The molecular weight excluding hydrogens is 320 g/mol. The van der Waals surface area contributed by atoms with Crippen molar-refractivity contribution in [3.63, 3.8) is 0 Å². The van der Waals surface area contributed by atoms with Gasteiger partial charge in [0.05, 0.1) is 18.7 Å². The van der Waals surface area contributed by atoms with Crippen LogP contribution >= 0.6 is 12.4 Å². The third-order valence-electron chi connectivity index (χ3n) is 4.33. The van der Waals surface area contributed by atoms with Gasteiger partial charge < -0.3 is 19.6 Å². The van der Waals surface area contributed by atoms with E-state index in [1.54, 1.807) is 6.07 Å². The Morgan fingerprint density at radius 3 is 3.00 bits per heavy atom. The molecule has 2 aliphatic rings. The van der Waals surface area contributed by atoms with Gasteiger partial charge in [-0.3, -0.25) is 9.59 Å². The summed E-state index contributed by atoms with van der Waals surface area (Å²) in [5, 5.41) is 6.96. The molecule has 2 amide bonds. The number of nitrogens with zero attached hydrogens (tertiary/aromatic N) is 3. The topological polar surface area (TPSA) is 78.7 Å². The summed E-state index contributed by atoms with van der Waals surface area (Å²) in [6.07, 6.45) is 2.17. The number of piperidine rings is 1. The Bertz CT molecular complexity index is 563. The van der Waals surface area contributed by atoms with Gasteiger partial charge in [0.25, 0.3) is 0 Å². The summed E-state index contributed by atoms with van der Waals surface area (Å²) < 4.78 is 5.00. The zero-order valence-corrected chi connectivity index (χ0v) is 14.1. The number of amides is 2. The molecule has 8 heteroatoms. The van der Waals surface area contributed by atoms with Crippen molar-refractivity contribution < 1.29 is 14.1 Å². The number of hydrogen-bond donors (Lipinski definition) is 1. The van der Waals surface area contributed by atoms with Crippen LogP contribution in [0.1, 0.15) is 24.3 Å². The molecule has 128 valence electrons. The number of aryl methyl sites for hydroxylation is 1. The molecule has 1 atom stereocenters. The Morgan fingerprint density at radius 2 is 2.30 bits per heavy atom. The van der Waals surface area contributed by atoms with Crippen molar-refractivity contribution in [1.29, 1.82) is 0 Å². The molecule has 1 N–H and O–H groups in total. The fourth-order valence-corrected chi connectivity index (χ4v) is 3.21. The van der Waals surface area contributed by atoms with E-state index in [-0.39, 0.29) is 36.7 Å². The van der Waals surface area contributed by atoms with Gasteiger partial charge in [0.2, 0.25) is 11.8 Å². The zero-order chi connectivity index (χ0) is 15.5. The molecular formula is C15H23ClN4O3. The summed E-state index contributed by atoms with van der Waals surface area (Å²) >= 11 is 0. The standard InChI is InChI=1S/C15H22N4O3.ClH/c1-11-7-12(17-22-11)8-14(20)18-5-2-3-13(10-18)19-6-4-16-9-15(19)21;/h7,13,16H,2-6,8-10H2,1H3;1H. The van der Waals surface area contributed by atoms with Gasteiger partial charge in [-0.2, -0.15) is 0 Å². The van der Waals surface area contributed by atoms with Crippen molar-refractivity contribution in [3.05, 3.63) is 17.5 Å². The number of carbonyl (C=O) groups excluding carboxylic acids is 2. The highest BCUT2D eigenvalue weighted by molar-refractivity contribution is 5.85. The van der Waals surface area contributed by atoms with E-state index in [2.05, 4.69) is 10.5 Å². The summed E-state index contributed by atoms with van der Waals surface area (Å²) in [4.78, 5) is 28.2. The Kier molecular flexibility index (Phi) is 6.01. The van der Waals surface area contributed by atoms with Crippen molar-refractivity contribution in [2.45, 2.75) is 32.2 Å². The molecule has 0 aromatic carbocycles. The predicted octanol–water partition coefficient (Wildman–Crippen LogP) is 0.370. The normalized spacial score (nSPS) is 22.0. The first kappa shape index (κ1) is 17.7. The van der Waals surface area contributed by atoms with Crippen LogP contribution in [0, 0.1) is 6.92 Å². The van der Waals surface area contributed by atoms with E-state index in [1.807, 2.05) is 16.7 Å². The Balaban J connectivity index is 0.00000192. The molecule has 1 aromatic heterocycles. The highest BCUT2D eigenvalue weighted by Crippen LogP contribution is 2.18.